The highest BCUT2D eigenvalue weighted by Gasteiger charge is 2.26. The fraction of sp³-hybridized carbons (Fsp3) is 0.0385. The van der Waals surface area contributed by atoms with E-state index in [1.807, 2.05) is 54.6 Å². The molecule has 2 heterocycles. The summed E-state index contributed by atoms with van der Waals surface area (Å²) in [5, 5.41) is 4.37. The summed E-state index contributed by atoms with van der Waals surface area (Å²) in [4.78, 5) is 17.6. The van der Waals surface area contributed by atoms with Crippen LogP contribution in [0, 0.1) is 5.82 Å². The maximum absolute atomic E-state index is 14.8. The van der Waals surface area contributed by atoms with Crippen molar-refractivity contribution in [2.75, 3.05) is 0 Å². The Morgan fingerprint density at radius 3 is 2.45 bits per heavy atom. The maximum Gasteiger partial charge on any atom is 0.344 e. The first-order chi connectivity index (χ1) is 16.1. The number of rotatable bonds is 5. The molecule has 3 aromatic carbocycles. The van der Waals surface area contributed by atoms with Gasteiger partial charge >= 0.3 is 5.97 Å². The minimum atomic E-state index is -0.941. The Labute approximate surface area is 197 Å². The van der Waals surface area contributed by atoms with Crippen molar-refractivity contribution in [1.82, 2.24) is 14.6 Å². The summed E-state index contributed by atoms with van der Waals surface area (Å²) in [6, 6.07) is 25.1. The van der Waals surface area contributed by atoms with Crippen LogP contribution in [0.15, 0.2) is 102 Å². The molecule has 1 atom stereocenters. The highest BCUT2D eigenvalue weighted by atomic mass is 79.9. The van der Waals surface area contributed by atoms with Gasteiger partial charge in [-0.1, -0.05) is 76.6 Å². The lowest BCUT2D eigenvalue weighted by Crippen LogP contribution is -2.14. The van der Waals surface area contributed by atoms with Crippen LogP contribution < -0.4 is 0 Å². The number of hydrogen-bond donors (Lipinski definition) is 0. The van der Waals surface area contributed by atoms with E-state index >= 15 is 0 Å². The molecule has 5 aromatic rings. The molecule has 0 aliphatic heterocycles. The zero-order valence-electron chi connectivity index (χ0n) is 17.2. The molecule has 0 N–H and O–H groups in total. The van der Waals surface area contributed by atoms with Gasteiger partial charge in [0.1, 0.15) is 11.4 Å². The summed E-state index contributed by atoms with van der Waals surface area (Å²) in [5.74, 6) is -1.11. The van der Waals surface area contributed by atoms with Crippen molar-refractivity contribution in [3.8, 4) is 11.3 Å². The Bertz CT molecular complexity index is 1440. The van der Waals surface area contributed by atoms with Gasteiger partial charge in [0.05, 0.1) is 11.9 Å². The van der Waals surface area contributed by atoms with E-state index in [4.69, 9.17) is 4.74 Å². The number of carbonyl (C=O) groups is 1. The Morgan fingerprint density at radius 2 is 1.70 bits per heavy atom. The minimum absolute atomic E-state index is 0.198. The molecule has 162 valence electrons. The van der Waals surface area contributed by atoms with Gasteiger partial charge in [-0.3, -0.25) is 0 Å². The van der Waals surface area contributed by atoms with E-state index in [1.165, 1.54) is 12.3 Å². The molecule has 0 amide bonds. The molecule has 0 aliphatic rings. The summed E-state index contributed by atoms with van der Waals surface area (Å²) >= 11 is 3.37. The van der Waals surface area contributed by atoms with Crippen LogP contribution in [-0.2, 0) is 4.74 Å². The third kappa shape index (κ3) is 4.15. The van der Waals surface area contributed by atoms with Crippen LogP contribution in [0.4, 0.5) is 4.39 Å². The number of hydrogen-bond acceptors (Lipinski definition) is 4. The Kier molecular flexibility index (Phi) is 5.71. The van der Waals surface area contributed by atoms with Crippen LogP contribution in [0.1, 0.15) is 27.6 Å². The smallest absolute Gasteiger partial charge is 0.344 e. The third-order valence-electron chi connectivity index (χ3n) is 5.26. The van der Waals surface area contributed by atoms with Gasteiger partial charge in [-0.25, -0.2) is 18.7 Å². The zero-order chi connectivity index (χ0) is 22.8. The van der Waals surface area contributed by atoms with Crippen molar-refractivity contribution in [3.05, 3.63) is 124 Å². The molecule has 0 saturated carbocycles. The maximum atomic E-state index is 14.8. The topological polar surface area (TPSA) is 56.5 Å². The molecule has 0 bridgehead atoms. The first kappa shape index (κ1) is 21.0. The number of halogens is 2. The first-order valence-corrected chi connectivity index (χ1v) is 11.0. The quantitative estimate of drug-likeness (QED) is 0.267. The number of aromatic nitrogens is 3. The number of esters is 1. The van der Waals surface area contributed by atoms with Crippen molar-refractivity contribution in [3.63, 3.8) is 0 Å². The minimum Gasteiger partial charge on any atom is -0.449 e. The fourth-order valence-corrected chi connectivity index (χ4v) is 4.07. The SMILES string of the molecule is O=C(OC(c1ccccc1)c1cc(Br)ccc1F)c1cnn2c(-c3ccccc3)ccnc12. The van der Waals surface area contributed by atoms with E-state index in [0.717, 1.165) is 11.3 Å². The van der Waals surface area contributed by atoms with Crippen LogP contribution in [0.5, 0.6) is 0 Å². The second-order valence-electron chi connectivity index (χ2n) is 7.35. The van der Waals surface area contributed by atoms with E-state index in [1.54, 1.807) is 35.0 Å². The van der Waals surface area contributed by atoms with Crippen molar-refractivity contribution in [2.45, 2.75) is 6.10 Å². The van der Waals surface area contributed by atoms with Gasteiger partial charge in [-0.2, -0.15) is 5.10 Å². The van der Waals surface area contributed by atoms with Crippen molar-refractivity contribution in [1.29, 1.82) is 0 Å². The number of nitrogens with zero attached hydrogens (tertiary/aromatic N) is 3. The molecule has 0 saturated heterocycles. The van der Waals surface area contributed by atoms with Crippen LogP contribution in [-0.4, -0.2) is 20.6 Å². The second kappa shape index (κ2) is 8.96. The predicted molar refractivity (Wildman–Crippen MR) is 126 cm³/mol. The molecule has 0 aliphatic carbocycles. The lowest BCUT2D eigenvalue weighted by Gasteiger charge is -2.19. The van der Waals surface area contributed by atoms with E-state index in [2.05, 4.69) is 26.0 Å². The Hall–Kier alpha value is -3.84. The number of fused-ring (bicyclic) bond motifs is 1. The summed E-state index contributed by atoms with van der Waals surface area (Å²) in [6.45, 7) is 0. The van der Waals surface area contributed by atoms with Gasteiger partial charge in [0, 0.05) is 21.8 Å². The van der Waals surface area contributed by atoms with Crippen molar-refractivity contribution < 1.29 is 13.9 Å². The molecular formula is C26H17BrFN3O2. The molecule has 7 heteroatoms. The van der Waals surface area contributed by atoms with Gasteiger partial charge in [0.15, 0.2) is 11.8 Å². The Morgan fingerprint density at radius 1 is 0.970 bits per heavy atom. The monoisotopic (exact) mass is 501 g/mol. The van der Waals surface area contributed by atoms with E-state index in [-0.39, 0.29) is 11.1 Å². The standard InChI is InChI=1S/C26H17BrFN3O2/c27-19-11-12-22(28)20(15-19)24(18-9-5-2-6-10-18)33-26(32)21-16-30-31-23(13-14-29-25(21)31)17-7-3-1-4-8-17/h1-16,24H. The van der Waals surface area contributed by atoms with Gasteiger partial charge in [-0.05, 0) is 29.8 Å². The molecule has 1 unspecified atom stereocenters. The van der Waals surface area contributed by atoms with Gasteiger partial charge in [-0.15, -0.1) is 0 Å². The van der Waals surface area contributed by atoms with Gasteiger partial charge in [0.2, 0.25) is 0 Å². The number of benzene rings is 3. The average Bonchev–Trinajstić information content (AvgIpc) is 3.30. The van der Waals surface area contributed by atoms with E-state index < -0.39 is 17.9 Å². The molecule has 5 rings (SSSR count). The average molecular weight is 502 g/mol. The van der Waals surface area contributed by atoms with Crippen molar-refractivity contribution >= 4 is 27.5 Å². The fourth-order valence-electron chi connectivity index (χ4n) is 3.69. The number of ether oxygens (including phenoxy) is 1. The molecular weight excluding hydrogens is 485 g/mol. The van der Waals surface area contributed by atoms with Crippen molar-refractivity contribution in [2.24, 2.45) is 0 Å². The van der Waals surface area contributed by atoms with E-state index in [9.17, 15) is 9.18 Å². The van der Waals surface area contributed by atoms with Gasteiger partial charge in [0.25, 0.3) is 0 Å². The normalized spacial score (nSPS) is 11.9. The van der Waals surface area contributed by atoms with Crippen LogP contribution in [0.3, 0.4) is 0 Å². The van der Waals surface area contributed by atoms with Crippen LogP contribution in [0.2, 0.25) is 0 Å². The van der Waals surface area contributed by atoms with E-state index in [0.29, 0.717) is 15.7 Å². The summed E-state index contributed by atoms with van der Waals surface area (Å²) in [6.07, 6.45) is 2.11. The molecule has 33 heavy (non-hydrogen) atoms. The summed E-state index contributed by atoms with van der Waals surface area (Å²) in [7, 11) is 0. The zero-order valence-corrected chi connectivity index (χ0v) is 18.8. The highest BCUT2D eigenvalue weighted by Crippen LogP contribution is 2.31. The molecule has 0 radical (unpaired) electrons. The highest BCUT2D eigenvalue weighted by molar-refractivity contribution is 9.10. The number of carbonyl (C=O) groups excluding carboxylic acids is 1. The largest absolute Gasteiger partial charge is 0.449 e. The lowest BCUT2D eigenvalue weighted by atomic mass is 10.0. The summed E-state index contributed by atoms with van der Waals surface area (Å²) in [5.41, 5.74) is 3.19. The first-order valence-electron chi connectivity index (χ1n) is 10.2. The summed E-state index contributed by atoms with van der Waals surface area (Å²) < 4.78 is 22.9. The predicted octanol–water partition coefficient (Wildman–Crippen LogP) is 6.24. The lowest BCUT2D eigenvalue weighted by molar-refractivity contribution is 0.0374. The molecule has 0 fully saturated rings. The third-order valence-corrected chi connectivity index (χ3v) is 5.75. The molecule has 5 nitrogen and oxygen atoms in total. The van der Waals surface area contributed by atoms with Crippen LogP contribution in [0.25, 0.3) is 16.9 Å². The molecule has 0 spiro atoms. The van der Waals surface area contributed by atoms with Gasteiger partial charge < -0.3 is 4.74 Å². The second-order valence-corrected chi connectivity index (χ2v) is 8.27. The molecule has 2 aromatic heterocycles. The van der Waals surface area contributed by atoms with Crippen LogP contribution >= 0.6 is 15.9 Å². The Balaban J connectivity index is 1.55.